The van der Waals surface area contributed by atoms with E-state index in [2.05, 4.69) is 5.32 Å². The number of hydrogen-bond acceptors (Lipinski definition) is 6. The third-order valence-corrected chi connectivity index (χ3v) is 4.13. The highest BCUT2D eigenvalue weighted by atomic mass is 16.7. The first kappa shape index (κ1) is 18.4. The predicted molar refractivity (Wildman–Crippen MR) is 94.6 cm³/mol. The second-order valence-electron chi connectivity index (χ2n) is 5.80. The van der Waals surface area contributed by atoms with E-state index in [-0.39, 0.29) is 13.2 Å². The van der Waals surface area contributed by atoms with Crippen LogP contribution in [0.3, 0.4) is 0 Å². The van der Waals surface area contributed by atoms with Crippen LogP contribution in [-0.4, -0.2) is 38.0 Å². The minimum absolute atomic E-state index is 0.102. The number of rotatable bonds is 7. The first-order chi connectivity index (χ1) is 13.0. The van der Waals surface area contributed by atoms with E-state index >= 15 is 0 Å². The highest BCUT2D eigenvalue weighted by Crippen LogP contribution is 2.34. The zero-order chi connectivity index (χ0) is 19.4. The van der Waals surface area contributed by atoms with Gasteiger partial charge in [-0.2, -0.15) is 0 Å². The molecule has 0 fully saturated rings. The second-order valence-corrected chi connectivity index (χ2v) is 5.80. The quantitative estimate of drug-likeness (QED) is 0.768. The molecule has 2 N–H and O–H groups in total. The highest BCUT2D eigenvalue weighted by Gasteiger charge is 2.24. The van der Waals surface area contributed by atoms with E-state index in [1.807, 2.05) is 0 Å². The summed E-state index contributed by atoms with van der Waals surface area (Å²) in [6, 6.07) is 8.98. The summed E-state index contributed by atoms with van der Waals surface area (Å²) in [5.74, 6) is 0.532. The van der Waals surface area contributed by atoms with Gasteiger partial charge in [0.05, 0.1) is 26.7 Å². The summed E-state index contributed by atoms with van der Waals surface area (Å²) in [5, 5.41) is 12.0. The van der Waals surface area contributed by atoms with E-state index in [0.717, 1.165) is 0 Å². The molecular weight excluding hydrogens is 354 g/mol. The molecule has 2 aromatic rings. The Morgan fingerprint density at radius 2 is 1.89 bits per heavy atom. The van der Waals surface area contributed by atoms with Gasteiger partial charge in [0.15, 0.2) is 11.5 Å². The SMILES string of the molecule is COc1ccc(C(CC(=O)O)NC(=O)c2ccc3c(c2)OCO3)c(OC)c1. The van der Waals surface area contributed by atoms with Gasteiger partial charge in [-0.15, -0.1) is 0 Å². The summed E-state index contributed by atoms with van der Waals surface area (Å²) in [7, 11) is 2.99. The Morgan fingerprint density at radius 1 is 1.11 bits per heavy atom. The molecule has 1 unspecified atom stereocenters. The van der Waals surface area contributed by atoms with Crippen LogP contribution >= 0.6 is 0 Å². The molecule has 0 aromatic heterocycles. The van der Waals surface area contributed by atoms with E-state index in [4.69, 9.17) is 18.9 Å². The van der Waals surface area contributed by atoms with Crippen molar-refractivity contribution in [3.8, 4) is 23.0 Å². The van der Waals surface area contributed by atoms with Gasteiger partial charge >= 0.3 is 5.97 Å². The van der Waals surface area contributed by atoms with Crippen molar-refractivity contribution in [1.82, 2.24) is 5.32 Å². The number of carboxylic acids is 1. The molecule has 27 heavy (non-hydrogen) atoms. The van der Waals surface area contributed by atoms with E-state index in [0.29, 0.717) is 34.1 Å². The molecule has 0 radical (unpaired) electrons. The lowest BCUT2D eigenvalue weighted by Gasteiger charge is -2.20. The van der Waals surface area contributed by atoms with Gasteiger partial charge in [-0.05, 0) is 30.3 Å². The molecule has 1 aliphatic rings. The molecule has 8 nitrogen and oxygen atoms in total. The van der Waals surface area contributed by atoms with Crippen molar-refractivity contribution in [2.75, 3.05) is 21.0 Å². The number of nitrogens with one attached hydrogen (secondary N) is 1. The van der Waals surface area contributed by atoms with E-state index < -0.39 is 17.9 Å². The number of benzene rings is 2. The Balaban J connectivity index is 1.87. The molecular formula is C19H19NO7. The highest BCUT2D eigenvalue weighted by molar-refractivity contribution is 5.95. The van der Waals surface area contributed by atoms with Gasteiger partial charge in [0.1, 0.15) is 11.5 Å². The summed E-state index contributed by atoms with van der Waals surface area (Å²) >= 11 is 0. The van der Waals surface area contributed by atoms with Crippen LogP contribution in [-0.2, 0) is 4.79 Å². The molecule has 0 saturated carbocycles. The minimum atomic E-state index is -1.05. The van der Waals surface area contributed by atoms with Crippen LogP contribution < -0.4 is 24.3 Å². The standard InChI is InChI=1S/C19H19NO7/c1-24-12-4-5-13(16(8-12)25-2)14(9-18(21)22)20-19(23)11-3-6-15-17(7-11)27-10-26-15/h3-8,14H,9-10H2,1-2H3,(H,20,23)(H,21,22). The van der Waals surface area contributed by atoms with Gasteiger partial charge in [0.2, 0.25) is 6.79 Å². The van der Waals surface area contributed by atoms with E-state index in [1.54, 1.807) is 36.4 Å². The van der Waals surface area contributed by atoms with Crippen LogP contribution in [0.4, 0.5) is 0 Å². The Kier molecular flexibility index (Phi) is 5.35. The Morgan fingerprint density at radius 3 is 2.59 bits per heavy atom. The average molecular weight is 373 g/mol. The van der Waals surface area contributed by atoms with Crippen molar-refractivity contribution in [3.63, 3.8) is 0 Å². The lowest BCUT2D eigenvalue weighted by atomic mass is 10.0. The summed E-state index contributed by atoms with van der Waals surface area (Å²) < 4.78 is 21.0. The molecule has 1 amide bonds. The Labute approximate surface area is 155 Å². The topological polar surface area (TPSA) is 103 Å². The number of ether oxygens (including phenoxy) is 4. The number of fused-ring (bicyclic) bond motifs is 1. The lowest BCUT2D eigenvalue weighted by molar-refractivity contribution is -0.137. The predicted octanol–water partition coefficient (Wildman–Crippen LogP) is 2.38. The average Bonchev–Trinajstić information content (AvgIpc) is 3.14. The number of carboxylic acid groups (broad SMARTS) is 1. The van der Waals surface area contributed by atoms with Crippen LogP contribution in [0.25, 0.3) is 0 Å². The first-order valence-electron chi connectivity index (χ1n) is 8.16. The van der Waals surface area contributed by atoms with Crippen molar-refractivity contribution in [2.24, 2.45) is 0 Å². The van der Waals surface area contributed by atoms with Gasteiger partial charge < -0.3 is 29.4 Å². The smallest absolute Gasteiger partial charge is 0.305 e. The van der Waals surface area contributed by atoms with Crippen molar-refractivity contribution in [2.45, 2.75) is 12.5 Å². The molecule has 8 heteroatoms. The van der Waals surface area contributed by atoms with Crippen LogP contribution in [0.1, 0.15) is 28.4 Å². The zero-order valence-corrected chi connectivity index (χ0v) is 14.9. The second kappa shape index (κ2) is 7.86. The fourth-order valence-electron chi connectivity index (χ4n) is 2.80. The maximum absolute atomic E-state index is 12.7. The molecule has 142 valence electrons. The molecule has 2 aromatic carbocycles. The summed E-state index contributed by atoms with van der Waals surface area (Å²) in [5.41, 5.74) is 0.872. The molecule has 0 aliphatic carbocycles. The maximum Gasteiger partial charge on any atom is 0.305 e. The summed E-state index contributed by atoms with van der Waals surface area (Å²) in [4.78, 5) is 24.0. The molecule has 0 spiro atoms. The monoisotopic (exact) mass is 373 g/mol. The molecule has 1 atom stereocenters. The minimum Gasteiger partial charge on any atom is -0.497 e. The fourth-order valence-corrected chi connectivity index (χ4v) is 2.80. The molecule has 3 rings (SSSR count). The fraction of sp³-hybridized carbons (Fsp3) is 0.263. The molecule has 0 bridgehead atoms. The Hall–Kier alpha value is -3.42. The van der Waals surface area contributed by atoms with Crippen molar-refractivity contribution in [1.29, 1.82) is 0 Å². The van der Waals surface area contributed by atoms with Crippen LogP contribution in [0, 0.1) is 0 Å². The van der Waals surface area contributed by atoms with Crippen LogP contribution in [0.5, 0.6) is 23.0 Å². The van der Waals surface area contributed by atoms with E-state index in [9.17, 15) is 14.7 Å². The number of amides is 1. The Bertz CT molecular complexity index is 865. The molecule has 1 aliphatic heterocycles. The number of carbonyl (C=O) groups excluding carboxylic acids is 1. The lowest BCUT2D eigenvalue weighted by Crippen LogP contribution is -2.30. The van der Waals surface area contributed by atoms with Gasteiger partial charge in [-0.25, -0.2) is 0 Å². The zero-order valence-electron chi connectivity index (χ0n) is 14.9. The normalized spacial score (nSPS) is 13.0. The van der Waals surface area contributed by atoms with Crippen LogP contribution in [0.2, 0.25) is 0 Å². The largest absolute Gasteiger partial charge is 0.497 e. The van der Waals surface area contributed by atoms with Gasteiger partial charge in [-0.3, -0.25) is 9.59 Å². The summed E-state index contributed by atoms with van der Waals surface area (Å²) in [6.07, 6.45) is -0.307. The van der Waals surface area contributed by atoms with Crippen LogP contribution in [0.15, 0.2) is 36.4 Å². The molecule has 0 saturated heterocycles. The van der Waals surface area contributed by atoms with Crippen molar-refractivity contribution >= 4 is 11.9 Å². The third-order valence-electron chi connectivity index (χ3n) is 4.13. The van der Waals surface area contributed by atoms with Crippen molar-refractivity contribution < 1.29 is 33.6 Å². The van der Waals surface area contributed by atoms with Gasteiger partial charge in [-0.1, -0.05) is 0 Å². The maximum atomic E-state index is 12.7. The van der Waals surface area contributed by atoms with Crippen molar-refractivity contribution in [3.05, 3.63) is 47.5 Å². The third kappa shape index (κ3) is 4.05. The number of hydrogen-bond donors (Lipinski definition) is 2. The first-order valence-corrected chi connectivity index (χ1v) is 8.16. The summed E-state index contributed by atoms with van der Waals surface area (Å²) in [6.45, 7) is 0.102. The van der Waals surface area contributed by atoms with E-state index in [1.165, 1.54) is 14.2 Å². The number of methoxy groups -OCH3 is 2. The van der Waals surface area contributed by atoms with Gasteiger partial charge in [0, 0.05) is 17.2 Å². The number of carbonyl (C=O) groups is 2. The number of aliphatic carboxylic acids is 1. The molecule has 1 heterocycles. The van der Waals surface area contributed by atoms with Gasteiger partial charge in [0.25, 0.3) is 5.91 Å².